The fourth-order valence-electron chi connectivity index (χ4n) is 5.85. The Labute approximate surface area is 201 Å². The Bertz CT molecular complexity index is 866. The summed E-state index contributed by atoms with van der Waals surface area (Å²) < 4.78 is -0.729. The van der Waals surface area contributed by atoms with Gasteiger partial charge in [0, 0.05) is 44.1 Å². The number of rotatable bonds is 6. The first-order chi connectivity index (χ1) is 15.6. The number of carbonyl (C=O) groups is 3. The normalized spacial score (nSPS) is 33.8. The number of aliphatic hydroxyl groups excluding tert-OH is 1. The number of hydrogen-bond donors (Lipinski definition) is 1. The van der Waals surface area contributed by atoms with Crippen LogP contribution in [0.1, 0.15) is 46.5 Å². The number of hydrogen-bond acceptors (Lipinski definition) is 5. The van der Waals surface area contributed by atoms with Crippen molar-refractivity contribution in [2.24, 2.45) is 11.8 Å². The molecule has 8 heteroatoms. The number of aliphatic hydroxyl groups is 1. The molecule has 0 aromatic heterocycles. The van der Waals surface area contributed by atoms with Crippen LogP contribution in [0.25, 0.3) is 0 Å². The second-order valence-electron chi connectivity index (χ2n) is 10.7. The second-order valence-corrected chi connectivity index (χ2v) is 12.2. The number of amides is 3. The first-order valence-electron chi connectivity index (χ1n) is 12.1. The zero-order chi connectivity index (χ0) is 24.0. The Morgan fingerprint density at radius 2 is 1.76 bits per heavy atom. The average Bonchev–Trinajstić information content (AvgIpc) is 3.06. The van der Waals surface area contributed by atoms with Gasteiger partial charge in [-0.1, -0.05) is 37.1 Å². The molecule has 0 radical (unpaired) electrons. The summed E-state index contributed by atoms with van der Waals surface area (Å²) in [5.74, 6) is -1.08. The van der Waals surface area contributed by atoms with Gasteiger partial charge in [0.15, 0.2) is 0 Å². The maximum Gasteiger partial charge on any atom is 0.247 e. The number of nitrogens with zero attached hydrogens (tertiary/aromatic N) is 3. The van der Waals surface area contributed by atoms with Gasteiger partial charge in [-0.05, 0) is 33.6 Å². The van der Waals surface area contributed by atoms with Crippen molar-refractivity contribution in [3.8, 4) is 0 Å². The lowest BCUT2D eigenvalue weighted by Gasteiger charge is -2.40. The molecule has 0 saturated carbocycles. The van der Waals surface area contributed by atoms with Gasteiger partial charge in [-0.3, -0.25) is 14.4 Å². The van der Waals surface area contributed by atoms with Crippen LogP contribution in [0.2, 0.25) is 0 Å². The molecule has 2 fully saturated rings. The summed E-state index contributed by atoms with van der Waals surface area (Å²) in [5, 5.41) is 8.96. The number of unbranched alkanes of at least 4 members (excludes halogenated alkanes) is 3. The molecule has 0 aromatic carbocycles. The van der Waals surface area contributed by atoms with Gasteiger partial charge < -0.3 is 19.8 Å². The molecule has 0 aliphatic carbocycles. The van der Waals surface area contributed by atoms with Crippen molar-refractivity contribution in [1.82, 2.24) is 14.7 Å². The minimum atomic E-state index is -0.729. The van der Waals surface area contributed by atoms with Gasteiger partial charge in [-0.2, -0.15) is 0 Å². The van der Waals surface area contributed by atoms with Crippen LogP contribution in [0.15, 0.2) is 24.3 Å². The number of thioether (sulfide) groups is 1. The van der Waals surface area contributed by atoms with E-state index in [1.54, 1.807) is 28.6 Å². The zero-order valence-corrected chi connectivity index (χ0v) is 21.0. The molecule has 1 spiro atoms. The maximum atomic E-state index is 14.1. The van der Waals surface area contributed by atoms with Crippen molar-refractivity contribution < 1.29 is 19.5 Å². The number of likely N-dealkylation sites (tertiary alicyclic amines) is 1. The second kappa shape index (κ2) is 9.10. The first-order valence-corrected chi connectivity index (χ1v) is 13.0. The highest BCUT2D eigenvalue weighted by atomic mass is 32.2. The molecule has 1 unspecified atom stereocenters. The van der Waals surface area contributed by atoms with Crippen LogP contribution in [0.5, 0.6) is 0 Å². The molecule has 5 atom stereocenters. The van der Waals surface area contributed by atoms with Crippen molar-refractivity contribution in [2.75, 3.05) is 33.3 Å². The van der Waals surface area contributed by atoms with Gasteiger partial charge in [0.2, 0.25) is 17.7 Å². The van der Waals surface area contributed by atoms with E-state index in [9.17, 15) is 14.4 Å². The zero-order valence-electron chi connectivity index (χ0n) is 20.2. The van der Waals surface area contributed by atoms with E-state index >= 15 is 0 Å². The molecular weight excluding hydrogens is 438 g/mol. The van der Waals surface area contributed by atoms with Crippen LogP contribution < -0.4 is 0 Å². The van der Waals surface area contributed by atoms with Crippen molar-refractivity contribution in [2.45, 2.75) is 68.0 Å². The van der Waals surface area contributed by atoms with Crippen LogP contribution in [-0.4, -0.2) is 92.4 Å². The Balaban J connectivity index is 1.73. The molecule has 4 aliphatic heterocycles. The highest BCUT2D eigenvalue weighted by Crippen LogP contribution is 2.61. The van der Waals surface area contributed by atoms with E-state index in [0.29, 0.717) is 19.6 Å². The van der Waals surface area contributed by atoms with Crippen LogP contribution in [0.4, 0.5) is 0 Å². The summed E-state index contributed by atoms with van der Waals surface area (Å²) in [5.41, 5.74) is -0.371. The Hall–Kier alpha value is -1.80. The fourth-order valence-corrected chi connectivity index (χ4v) is 7.86. The quantitative estimate of drug-likeness (QED) is 0.470. The first kappa shape index (κ1) is 24.3. The molecule has 4 rings (SSSR count). The third kappa shape index (κ3) is 4.03. The molecule has 1 N–H and O–H groups in total. The molecule has 33 heavy (non-hydrogen) atoms. The lowest BCUT2D eigenvalue weighted by molar-refractivity contribution is -0.145. The van der Waals surface area contributed by atoms with Gasteiger partial charge in [0.25, 0.3) is 0 Å². The SMILES string of the molecule is CN1CC=C[C@@H]2S[C@]34C=CCN(C(C)(C)C)C(=O)C3N(CCCCCCO)C(=O)[C@@H]4[C@@H]2C1=O. The predicted molar refractivity (Wildman–Crippen MR) is 130 cm³/mol. The Morgan fingerprint density at radius 1 is 1.03 bits per heavy atom. The fraction of sp³-hybridized carbons (Fsp3) is 0.720. The van der Waals surface area contributed by atoms with E-state index in [4.69, 9.17) is 5.11 Å². The predicted octanol–water partition coefficient (Wildman–Crippen LogP) is 2.06. The van der Waals surface area contributed by atoms with Gasteiger partial charge in [0.1, 0.15) is 6.04 Å². The highest BCUT2D eigenvalue weighted by Gasteiger charge is 2.71. The van der Waals surface area contributed by atoms with E-state index in [1.807, 2.05) is 37.8 Å². The number of carbonyl (C=O) groups excluding carboxylic acids is 3. The van der Waals surface area contributed by atoms with Gasteiger partial charge in [0.05, 0.1) is 16.6 Å². The molecular formula is C25H37N3O4S. The number of fused-ring (bicyclic) bond motifs is 2. The average molecular weight is 476 g/mol. The lowest BCUT2D eigenvalue weighted by Crippen LogP contribution is -2.57. The monoisotopic (exact) mass is 475 g/mol. The maximum absolute atomic E-state index is 14.1. The molecule has 182 valence electrons. The van der Waals surface area contributed by atoms with Crippen LogP contribution in [0, 0.1) is 11.8 Å². The van der Waals surface area contributed by atoms with Crippen molar-refractivity contribution in [1.29, 1.82) is 0 Å². The molecule has 0 bridgehead atoms. The third-order valence-electron chi connectivity index (χ3n) is 7.48. The third-order valence-corrected chi connectivity index (χ3v) is 9.22. The molecule has 0 aromatic rings. The Kier molecular flexibility index (Phi) is 6.71. The molecule has 7 nitrogen and oxygen atoms in total. The minimum Gasteiger partial charge on any atom is -0.396 e. The topological polar surface area (TPSA) is 81.2 Å². The summed E-state index contributed by atoms with van der Waals surface area (Å²) in [4.78, 5) is 46.8. The van der Waals surface area contributed by atoms with Gasteiger partial charge >= 0.3 is 0 Å². The van der Waals surface area contributed by atoms with Gasteiger partial charge in [-0.15, -0.1) is 11.8 Å². The Morgan fingerprint density at radius 3 is 2.45 bits per heavy atom. The van der Waals surface area contributed by atoms with Crippen LogP contribution in [-0.2, 0) is 14.4 Å². The minimum absolute atomic E-state index is 0.00551. The van der Waals surface area contributed by atoms with Crippen LogP contribution >= 0.6 is 11.8 Å². The highest BCUT2D eigenvalue weighted by molar-refractivity contribution is 8.02. The summed E-state index contributed by atoms with van der Waals surface area (Å²) in [7, 11) is 1.79. The molecule has 2 saturated heterocycles. The summed E-state index contributed by atoms with van der Waals surface area (Å²) in [6.45, 7) is 7.80. The van der Waals surface area contributed by atoms with Crippen molar-refractivity contribution >= 4 is 29.5 Å². The molecule has 4 aliphatic rings. The van der Waals surface area contributed by atoms with Crippen molar-refractivity contribution in [3.05, 3.63) is 24.3 Å². The van der Waals surface area contributed by atoms with Crippen molar-refractivity contribution in [3.63, 3.8) is 0 Å². The van der Waals surface area contributed by atoms with Gasteiger partial charge in [-0.25, -0.2) is 0 Å². The molecule has 3 amide bonds. The lowest BCUT2D eigenvalue weighted by atomic mass is 9.78. The van der Waals surface area contributed by atoms with E-state index in [2.05, 4.69) is 12.2 Å². The smallest absolute Gasteiger partial charge is 0.247 e. The summed E-state index contributed by atoms with van der Waals surface area (Å²) >= 11 is 1.64. The van der Waals surface area contributed by atoms with E-state index in [0.717, 1.165) is 25.7 Å². The van der Waals surface area contributed by atoms with Crippen LogP contribution in [0.3, 0.4) is 0 Å². The number of likely N-dealkylation sites (N-methyl/N-ethyl adjacent to an activating group) is 1. The van der Waals surface area contributed by atoms with E-state index < -0.39 is 22.6 Å². The standard InChI is InChI=1S/C25H37N3O4S/c1-24(2,3)28-15-10-12-25-19(18-17(33-25)11-9-13-26(4)21(18)30)22(31)27(20(25)23(28)32)14-7-5-6-8-16-29/h9-12,17-20,29H,5-8,13-16H2,1-4H3/t17-,18+,19-,20?,25-/m0/s1. The molecule has 4 heterocycles. The summed E-state index contributed by atoms with van der Waals surface area (Å²) in [6.07, 6.45) is 11.5. The van der Waals surface area contributed by atoms with E-state index in [1.165, 1.54) is 0 Å². The largest absolute Gasteiger partial charge is 0.396 e. The summed E-state index contributed by atoms with van der Waals surface area (Å²) in [6, 6.07) is -0.603. The van der Waals surface area contributed by atoms with E-state index in [-0.39, 0.29) is 35.1 Å².